The zero-order chi connectivity index (χ0) is 15.3. The highest BCUT2D eigenvalue weighted by Gasteiger charge is 2.21. The third kappa shape index (κ3) is 4.75. The Morgan fingerprint density at radius 2 is 2.05 bits per heavy atom. The van der Waals surface area contributed by atoms with E-state index in [9.17, 15) is 8.42 Å². The van der Waals surface area contributed by atoms with Crippen LogP contribution >= 0.6 is 11.3 Å². The van der Waals surface area contributed by atoms with Crippen molar-refractivity contribution in [1.82, 2.24) is 9.62 Å². The van der Waals surface area contributed by atoms with Crippen molar-refractivity contribution < 1.29 is 13.5 Å². The first-order valence-corrected chi connectivity index (χ1v) is 9.76. The average Bonchev–Trinajstić information content (AvgIpc) is 2.96. The fourth-order valence-electron chi connectivity index (χ4n) is 2.54. The molecule has 2 N–H and O–H groups in total. The minimum atomic E-state index is -3.43. The van der Waals surface area contributed by atoms with Crippen molar-refractivity contribution >= 4 is 21.4 Å². The molecule has 1 aromatic heterocycles. The first-order chi connectivity index (χ1) is 10.0. The number of likely N-dealkylation sites (tertiary alicyclic amines) is 1. The SMILES string of the molecule is CC(CNS(=O)(=O)c1ccc(CCO)s1)N1CCCCC1. The molecule has 0 aromatic carbocycles. The van der Waals surface area contributed by atoms with E-state index < -0.39 is 10.0 Å². The maximum absolute atomic E-state index is 12.3. The molecule has 0 spiro atoms. The van der Waals surface area contributed by atoms with Gasteiger partial charge in [-0.15, -0.1) is 11.3 Å². The van der Waals surface area contributed by atoms with Gasteiger partial charge in [-0.3, -0.25) is 4.90 Å². The molecule has 1 aliphatic heterocycles. The Balaban J connectivity index is 1.90. The van der Waals surface area contributed by atoms with Crippen LogP contribution in [0, 0.1) is 0 Å². The van der Waals surface area contributed by atoms with Crippen LogP contribution in [0.15, 0.2) is 16.3 Å². The number of aliphatic hydroxyl groups excluding tert-OH is 1. The molecule has 1 fully saturated rings. The molecule has 0 radical (unpaired) electrons. The Morgan fingerprint density at radius 1 is 1.33 bits per heavy atom. The molecule has 1 atom stereocenters. The van der Waals surface area contributed by atoms with Crippen LogP contribution in [0.25, 0.3) is 0 Å². The number of thiophene rings is 1. The van der Waals surface area contributed by atoms with Gasteiger partial charge < -0.3 is 5.11 Å². The highest BCUT2D eigenvalue weighted by molar-refractivity contribution is 7.91. The van der Waals surface area contributed by atoms with E-state index in [1.807, 2.05) is 0 Å². The van der Waals surface area contributed by atoms with Crippen molar-refractivity contribution in [1.29, 1.82) is 0 Å². The number of hydrogen-bond donors (Lipinski definition) is 2. The lowest BCUT2D eigenvalue weighted by Crippen LogP contribution is -2.44. The maximum atomic E-state index is 12.3. The highest BCUT2D eigenvalue weighted by Crippen LogP contribution is 2.22. The molecular weight excluding hydrogens is 308 g/mol. The molecule has 0 bridgehead atoms. The number of rotatable bonds is 7. The van der Waals surface area contributed by atoms with Crippen molar-refractivity contribution in [2.45, 2.75) is 42.9 Å². The van der Waals surface area contributed by atoms with Gasteiger partial charge in [0.05, 0.1) is 0 Å². The van der Waals surface area contributed by atoms with Crippen molar-refractivity contribution in [3.05, 3.63) is 17.0 Å². The second kappa shape index (κ2) is 7.69. The summed E-state index contributed by atoms with van der Waals surface area (Å²) in [7, 11) is -3.43. The Bertz CT molecular complexity index is 536. The summed E-state index contributed by atoms with van der Waals surface area (Å²) in [6.07, 6.45) is 4.18. The first-order valence-electron chi connectivity index (χ1n) is 7.46. The largest absolute Gasteiger partial charge is 0.396 e. The van der Waals surface area contributed by atoms with E-state index in [4.69, 9.17) is 5.11 Å². The van der Waals surface area contributed by atoms with Crippen LogP contribution in [0.4, 0.5) is 0 Å². The van der Waals surface area contributed by atoms with E-state index in [1.165, 1.54) is 30.6 Å². The summed E-state index contributed by atoms with van der Waals surface area (Å²) in [6, 6.07) is 3.60. The van der Waals surface area contributed by atoms with Gasteiger partial charge in [0.25, 0.3) is 0 Å². The van der Waals surface area contributed by atoms with Crippen molar-refractivity contribution in [3.63, 3.8) is 0 Å². The molecule has 1 aromatic rings. The van der Waals surface area contributed by atoms with E-state index in [0.29, 0.717) is 17.2 Å². The molecule has 7 heteroatoms. The summed E-state index contributed by atoms with van der Waals surface area (Å²) >= 11 is 1.23. The van der Waals surface area contributed by atoms with Gasteiger partial charge >= 0.3 is 0 Å². The molecule has 0 aliphatic carbocycles. The van der Waals surface area contributed by atoms with Gasteiger partial charge in [0.15, 0.2) is 0 Å². The fourth-order valence-corrected chi connectivity index (χ4v) is 5.05. The molecule has 5 nitrogen and oxygen atoms in total. The fraction of sp³-hybridized carbons (Fsp3) is 0.714. The Labute approximate surface area is 131 Å². The number of nitrogens with zero attached hydrogens (tertiary/aromatic N) is 1. The van der Waals surface area contributed by atoms with Crippen LogP contribution in [-0.4, -0.2) is 50.7 Å². The molecule has 2 heterocycles. The van der Waals surface area contributed by atoms with Crippen molar-refractivity contribution in [2.75, 3.05) is 26.2 Å². The molecule has 21 heavy (non-hydrogen) atoms. The van der Waals surface area contributed by atoms with Crippen LogP contribution in [0.5, 0.6) is 0 Å². The van der Waals surface area contributed by atoms with Crippen LogP contribution < -0.4 is 4.72 Å². The third-order valence-electron chi connectivity index (χ3n) is 3.84. The minimum absolute atomic E-state index is 0.0411. The van der Waals surface area contributed by atoms with Gasteiger partial charge in [-0.25, -0.2) is 13.1 Å². The number of hydrogen-bond acceptors (Lipinski definition) is 5. The summed E-state index contributed by atoms with van der Waals surface area (Å²) < 4.78 is 27.5. The molecule has 120 valence electrons. The Hall–Kier alpha value is -0.470. The smallest absolute Gasteiger partial charge is 0.250 e. The summed E-state index contributed by atoms with van der Waals surface area (Å²) in [5, 5.41) is 8.89. The predicted molar refractivity (Wildman–Crippen MR) is 85.2 cm³/mol. The average molecular weight is 332 g/mol. The lowest BCUT2D eigenvalue weighted by Gasteiger charge is -2.32. The number of aliphatic hydroxyl groups is 1. The standard InChI is InChI=1S/C14H24N2O3S2/c1-12(16-8-3-2-4-9-16)11-15-21(18,19)14-6-5-13(20-14)7-10-17/h5-6,12,15,17H,2-4,7-11H2,1H3. The lowest BCUT2D eigenvalue weighted by atomic mass is 10.1. The monoisotopic (exact) mass is 332 g/mol. The quantitative estimate of drug-likeness (QED) is 0.793. The van der Waals surface area contributed by atoms with E-state index in [1.54, 1.807) is 12.1 Å². The summed E-state index contributed by atoms with van der Waals surface area (Å²) in [5.74, 6) is 0. The summed E-state index contributed by atoms with van der Waals surface area (Å²) in [6.45, 7) is 4.67. The van der Waals surface area contributed by atoms with Crippen LogP contribution in [0.3, 0.4) is 0 Å². The van der Waals surface area contributed by atoms with E-state index in [2.05, 4.69) is 16.5 Å². The maximum Gasteiger partial charge on any atom is 0.250 e. The molecule has 1 saturated heterocycles. The van der Waals surface area contributed by atoms with E-state index >= 15 is 0 Å². The molecule has 1 aliphatic rings. The van der Waals surface area contributed by atoms with Crippen molar-refractivity contribution in [3.8, 4) is 0 Å². The van der Waals surface area contributed by atoms with Gasteiger partial charge in [0.1, 0.15) is 4.21 Å². The first kappa shape index (κ1) is 16.9. The Kier molecular flexibility index (Phi) is 6.19. The van der Waals surface area contributed by atoms with E-state index in [0.717, 1.165) is 18.0 Å². The second-order valence-electron chi connectivity index (χ2n) is 5.49. The van der Waals surface area contributed by atoms with Gasteiger partial charge in [-0.1, -0.05) is 6.42 Å². The highest BCUT2D eigenvalue weighted by atomic mass is 32.2. The summed E-state index contributed by atoms with van der Waals surface area (Å²) in [5.41, 5.74) is 0. The van der Waals surface area contributed by atoms with Gasteiger partial charge in [-0.2, -0.15) is 0 Å². The topological polar surface area (TPSA) is 69.6 Å². The molecule has 0 amide bonds. The molecule has 1 unspecified atom stereocenters. The number of sulfonamides is 1. The summed E-state index contributed by atoms with van der Waals surface area (Å²) in [4.78, 5) is 3.24. The number of nitrogens with one attached hydrogen (secondary N) is 1. The zero-order valence-corrected chi connectivity index (χ0v) is 14.0. The van der Waals surface area contributed by atoms with E-state index in [-0.39, 0.29) is 12.6 Å². The molecule has 2 rings (SSSR count). The second-order valence-corrected chi connectivity index (χ2v) is 8.65. The van der Waals surface area contributed by atoms with Gasteiger partial charge in [0.2, 0.25) is 10.0 Å². The lowest BCUT2D eigenvalue weighted by molar-refractivity contribution is 0.175. The van der Waals surface area contributed by atoms with Crippen LogP contribution in [0.2, 0.25) is 0 Å². The minimum Gasteiger partial charge on any atom is -0.396 e. The Morgan fingerprint density at radius 3 is 2.71 bits per heavy atom. The zero-order valence-electron chi connectivity index (χ0n) is 12.4. The van der Waals surface area contributed by atoms with Gasteiger partial charge in [-0.05, 0) is 45.0 Å². The number of piperidine rings is 1. The molecular formula is C14H24N2O3S2. The third-order valence-corrected chi connectivity index (χ3v) is 6.90. The van der Waals surface area contributed by atoms with Crippen LogP contribution in [0.1, 0.15) is 31.1 Å². The van der Waals surface area contributed by atoms with Crippen molar-refractivity contribution in [2.24, 2.45) is 0 Å². The normalized spacial score (nSPS) is 18.8. The van der Waals surface area contributed by atoms with Crippen LogP contribution in [-0.2, 0) is 16.4 Å². The predicted octanol–water partition coefficient (Wildman–Crippen LogP) is 1.44. The molecule has 0 saturated carbocycles. The van der Waals surface area contributed by atoms with Gasteiger partial charge in [0, 0.05) is 30.5 Å².